The Morgan fingerprint density at radius 2 is 1.43 bits per heavy atom. The largest absolute Gasteiger partial charge is 0.508 e. The Labute approximate surface area is 252 Å². The monoisotopic (exact) mass is 604 g/mol. The first kappa shape index (κ1) is 29.1. The summed E-state index contributed by atoms with van der Waals surface area (Å²) in [5, 5.41) is 86.8. The minimum absolute atomic E-state index is 0.00315. The molecule has 0 radical (unpaired) electrons. The molecule has 0 fully saturated rings. The highest BCUT2D eigenvalue weighted by molar-refractivity contribution is 5.66. The average molecular weight is 605 g/mol. The Morgan fingerprint density at radius 3 is 2.11 bits per heavy atom. The van der Waals surface area contributed by atoms with E-state index in [9.17, 15) is 40.9 Å². The van der Waals surface area contributed by atoms with Gasteiger partial charge in [0.2, 0.25) is 0 Å². The van der Waals surface area contributed by atoms with E-state index in [1.54, 1.807) is 32.0 Å². The van der Waals surface area contributed by atoms with Gasteiger partial charge in [0, 0.05) is 41.3 Å². The zero-order valence-electron chi connectivity index (χ0n) is 23.8. The van der Waals surface area contributed by atoms with Crippen molar-refractivity contribution in [3.05, 3.63) is 88.0 Å². The van der Waals surface area contributed by atoms with Crippen LogP contribution in [0.5, 0.6) is 51.7 Å². The van der Waals surface area contributed by atoms with Crippen LogP contribution in [0.1, 0.15) is 58.4 Å². The van der Waals surface area contributed by atoms with Crippen molar-refractivity contribution in [2.75, 3.05) is 6.61 Å². The molecule has 0 spiro atoms. The second kappa shape index (κ2) is 10.9. The lowest BCUT2D eigenvalue weighted by atomic mass is 9.77. The predicted octanol–water partition coefficient (Wildman–Crippen LogP) is 4.29. The molecule has 230 valence electrons. The van der Waals surface area contributed by atoms with Gasteiger partial charge in [-0.3, -0.25) is 0 Å². The van der Waals surface area contributed by atoms with Crippen molar-refractivity contribution in [1.29, 1.82) is 0 Å². The van der Waals surface area contributed by atoms with Crippen LogP contribution in [0.3, 0.4) is 0 Å². The van der Waals surface area contributed by atoms with Gasteiger partial charge in [-0.15, -0.1) is 0 Å². The molecule has 5 unspecified atom stereocenters. The summed E-state index contributed by atoms with van der Waals surface area (Å²) in [7, 11) is 0. The molecule has 0 saturated carbocycles. The maximum atomic E-state index is 11.8. The summed E-state index contributed by atoms with van der Waals surface area (Å²) >= 11 is 0. The Morgan fingerprint density at radius 1 is 0.727 bits per heavy atom. The van der Waals surface area contributed by atoms with Gasteiger partial charge < -0.3 is 55.1 Å². The molecule has 0 bridgehead atoms. The highest BCUT2D eigenvalue weighted by atomic mass is 16.5. The van der Waals surface area contributed by atoms with Crippen LogP contribution in [-0.4, -0.2) is 59.7 Å². The first-order valence-electron chi connectivity index (χ1n) is 14.1. The van der Waals surface area contributed by atoms with Crippen LogP contribution in [0.25, 0.3) is 0 Å². The fourth-order valence-electron chi connectivity index (χ4n) is 6.22. The summed E-state index contributed by atoms with van der Waals surface area (Å²) in [6.45, 7) is 3.85. The van der Waals surface area contributed by atoms with Gasteiger partial charge in [-0.2, -0.15) is 0 Å². The van der Waals surface area contributed by atoms with Crippen molar-refractivity contribution in [3.8, 4) is 51.7 Å². The van der Waals surface area contributed by atoms with E-state index in [0.29, 0.717) is 29.0 Å². The second-order valence-corrected chi connectivity index (χ2v) is 11.0. The van der Waals surface area contributed by atoms with Gasteiger partial charge in [0.25, 0.3) is 0 Å². The molecule has 4 aromatic rings. The van der Waals surface area contributed by atoms with E-state index in [0.717, 1.165) is 12.1 Å². The number of phenols is 6. The maximum absolute atomic E-state index is 11.8. The van der Waals surface area contributed by atoms with Crippen LogP contribution in [0.4, 0.5) is 0 Å². The Hall–Kier alpha value is -5.00. The molecular weight excluding hydrogens is 572 g/mol. The molecule has 4 aromatic carbocycles. The Balaban J connectivity index is 1.52. The van der Waals surface area contributed by atoms with Gasteiger partial charge >= 0.3 is 0 Å². The first-order chi connectivity index (χ1) is 21.0. The summed E-state index contributed by atoms with van der Waals surface area (Å²) in [6, 6.07) is 12.4. The van der Waals surface area contributed by atoms with Gasteiger partial charge in [-0.05, 0) is 54.8 Å². The highest BCUT2D eigenvalue weighted by Gasteiger charge is 2.46. The minimum Gasteiger partial charge on any atom is -0.508 e. The summed E-state index contributed by atoms with van der Waals surface area (Å²) in [5.74, 6) is -2.64. The van der Waals surface area contributed by atoms with Gasteiger partial charge in [0.15, 0.2) is 17.6 Å². The average Bonchev–Trinajstić information content (AvgIpc) is 2.96. The topological polar surface area (TPSA) is 190 Å². The van der Waals surface area contributed by atoms with E-state index in [1.165, 1.54) is 24.3 Å². The van der Waals surface area contributed by atoms with E-state index < -0.39 is 41.8 Å². The van der Waals surface area contributed by atoms with Crippen molar-refractivity contribution in [2.24, 2.45) is 0 Å². The third-order valence-electron chi connectivity index (χ3n) is 8.13. The van der Waals surface area contributed by atoms with Crippen LogP contribution >= 0.6 is 0 Å². The summed E-state index contributed by atoms with van der Waals surface area (Å²) in [6.07, 6.45) is -4.91. The lowest BCUT2D eigenvalue weighted by molar-refractivity contribution is 0.00121. The second-order valence-electron chi connectivity index (χ2n) is 11.0. The third kappa shape index (κ3) is 4.80. The summed E-state index contributed by atoms with van der Waals surface area (Å²) < 4.78 is 17.9. The number of aryl methyl sites for hydroxylation is 1. The lowest BCUT2D eigenvalue weighted by Crippen LogP contribution is -2.36. The molecule has 44 heavy (non-hydrogen) atoms. The standard InChI is InChI=1S/C33H32O11/c1-3-42-30-14(2)8-16(9-23(30)39)31-24(40)12-19-20(36)13-22(38)27(33(19)44-31)28-26-21(37)10-18(35)11-25(26)43-32(29(28)41)15-4-6-17(34)7-5-15/h4-11,13,24,28-29,31-32,34-41H,3,12H2,1-2H3. The van der Waals surface area contributed by atoms with Gasteiger partial charge in [-0.25, -0.2) is 0 Å². The molecular formula is C33H32O11. The fraction of sp³-hybridized carbons (Fsp3) is 0.273. The molecule has 11 nitrogen and oxygen atoms in total. The Bertz CT molecular complexity index is 1710. The number of phenolic OH excluding ortho intramolecular Hbond substituents is 6. The van der Waals surface area contributed by atoms with E-state index in [1.807, 2.05) is 0 Å². The molecule has 2 aliphatic heterocycles. The summed E-state index contributed by atoms with van der Waals surface area (Å²) in [5.41, 5.74) is 1.66. The number of ether oxygens (including phenoxy) is 3. The SMILES string of the molecule is CCOc1c(C)cc(C2Oc3c(c(O)cc(O)c3C3c4c(O)cc(O)cc4OC(c4ccc(O)cc4)C3O)CC2O)cc1O. The number of benzene rings is 4. The summed E-state index contributed by atoms with van der Waals surface area (Å²) in [4.78, 5) is 0. The smallest absolute Gasteiger partial charge is 0.163 e. The normalized spacial score (nSPS) is 22.3. The molecule has 0 amide bonds. The Kier molecular flexibility index (Phi) is 7.22. The first-order valence-corrected chi connectivity index (χ1v) is 14.1. The van der Waals surface area contributed by atoms with E-state index in [4.69, 9.17) is 14.2 Å². The molecule has 11 heteroatoms. The number of aliphatic hydroxyl groups is 2. The molecule has 0 aromatic heterocycles. The van der Waals surface area contributed by atoms with E-state index in [-0.39, 0.29) is 57.6 Å². The fourth-order valence-corrected chi connectivity index (χ4v) is 6.22. The van der Waals surface area contributed by atoms with E-state index in [2.05, 4.69) is 0 Å². The molecule has 0 saturated heterocycles. The van der Waals surface area contributed by atoms with Crippen LogP contribution < -0.4 is 14.2 Å². The van der Waals surface area contributed by atoms with Crippen molar-refractivity contribution in [3.63, 3.8) is 0 Å². The molecule has 2 heterocycles. The van der Waals surface area contributed by atoms with Crippen LogP contribution in [0, 0.1) is 6.92 Å². The molecule has 0 aliphatic carbocycles. The number of rotatable bonds is 5. The van der Waals surface area contributed by atoms with E-state index >= 15 is 0 Å². The number of hydrogen-bond donors (Lipinski definition) is 8. The molecule has 2 aliphatic rings. The van der Waals surface area contributed by atoms with Gasteiger partial charge in [0.05, 0.1) is 18.6 Å². The van der Waals surface area contributed by atoms with Crippen LogP contribution in [-0.2, 0) is 6.42 Å². The van der Waals surface area contributed by atoms with Crippen molar-refractivity contribution in [1.82, 2.24) is 0 Å². The maximum Gasteiger partial charge on any atom is 0.163 e. The molecule has 5 atom stereocenters. The molecule has 6 rings (SSSR count). The highest BCUT2D eigenvalue weighted by Crippen LogP contribution is 2.57. The number of aliphatic hydroxyl groups excluding tert-OH is 2. The van der Waals surface area contributed by atoms with Gasteiger partial charge in [0.1, 0.15) is 52.5 Å². The van der Waals surface area contributed by atoms with Crippen LogP contribution in [0.15, 0.2) is 54.6 Å². The minimum atomic E-state index is -1.47. The van der Waals surface area contributed by atoms with Crippen molar-refractivity contribution < 1.29 is 55.1 Å². The quantitative estimate of drug-likeness (QED) is 0.162. The predicted molar refractivity (Wildman–Crippen MR) is 156 cm³/mol. The van der Waals surface area contributed by atoms with Crippen LogP contribution in [0.2, 0.25) is 0 Å². The zero-order chi connectivity index (χ0) is 31.4. The molecule has 8 N–H and O–H groups in total. The lowest BCUT2D eigenvalue weighted by Gasteiger charge is -2.40. The number of fused-ring (bicyclic) bond motifs is 2. The van der Waals surface area contributed by atoms with Gasteiger partial charge in [-0.1, -0.05) is 12.1 Å². The zero-order valence-corrected chi connectivity index (χ0v) is 23.8. The van der Waals surface area contributed by atoms with Crippen molar-refractivity contribution in [2.45, 2.75) is 50.6 Å². The third-order valence-corrected chi connectivity index (χ3v) is 8.13. The number of hydrogen-bond acceptors (Lipinski definition) is 11. The number of aromatic hydroxyl groups is 6. The van der Waals surface area contributed by atoms with Crippen molar-refractivity contribution >= 4 is 0 Å².